The smallest absolute Gasteiger partial charge is 0.287 e. The molecule has 3 heterocycles. The Kier molecular flexibility index (Phi) is 7.40. The standard InChI is InChI=1S/C28H30N4O7/c33-19-13-21(34)27-22(35)15-24(39-23(27)14-19)28(38)29-16-26(37)31-11-9-30(10-12-31)20-6-2-1-5-18(20)17-32-8-4-3-7-25(32)36/h1-2,5-6,13-15,33-34H,3-4,7-12,16-17H2,(H,29,38). The highest BCUT2D eigenvalue weighted by Gasteiger charge is 2.25. The number of benzene rings is 2. The first-order valence-electron chi connectivity index (χ1n) is 13.0. The van der Waals surface area contributed by atoms with Crippen molar-refractivity contribution in [1.29, 1.82) is 0 Å². The van der Waals surface area contributed by atoms with E-state index in [0.29, 0.717) is 39.1 Å². The number of likely N-dealkylation sites (tertiary alicyclic amines) is 1. The quantitative estimate of drug-likeness (QED) is 0.434. The number of aromatic hydroxyl groups is 2. The molecule has 3 amide bonds. The molecule has 11 nitrogen and oxygen atoms in total. The van der Waals surface area contributed by atoms with Gasteiger partial charge in [-0.25, -0.2) is 0 Å². The third-order valence-electron chi connectivity index (χ3n) is 7.17. The van der Waals surface area contributed by atoms with Gasteiger partial charge in [-0.1, -0.05) is 18.2 Å². The van der Waals surface area contributed by atoms with E-state index in [4.69, 9.17) is 4.42 Å². The van der Waals surface area contributed by atoms with Crippen molar-refractivity contribution in [3.8, 4) is 11.5 Å². The number of phenols is 2. The lowest BCUT2D eigenvalue weighted by atomic mass is 10.1. The molecule has 5 rings (SSSR count). The minimum Gasteiger partial charge on any atom is -0.508 e. The summed E-state index contributed by atoms with van der Waals surface area (Å²) >= 11 is 0. The summed E-state index contributed by atoms with van der Waals surface area (Å²) in [4.78, 5) is 55.8. The van der Waals surface area contributed by atoms with Crippen molar-refractivity contribution in [3.63, 3.8) is 0 Å². The van der Waals surface area contributed by atoms with Gasteiger partial charge in [-0.15, -0.1) is 0 Å². The van der Waals surface area contributed by atoms with Crippen LogP contribution in [0.3, 0.4) is 0 Å². The van der Waals surface area contributed by atoms with Gasteiger partial charge in [0.05, 0.1) is 6.54 Å². The Bertz CT molecular complexity index is 1480. The molecule has 0 saturated carbocycles. The van der Waals surface area contributed by atoms with Crippen molar-refractivity contribution in [2.24, 2.45) is 0 Å². The molecule has 1 aromatic heterocycles. The van der Waals surface area contributed by atoms with Crippen LogP contribution in [0.25, 0.3) is 11.0 Å². The summed E-state index contributed by atoms with van der Waals surface area (Å²) in [7, 11) is 0. The highest BCUT2D eigenvalue weighted by molar-refractivity contribution is 5.96. The van der Waals surface area contributed by atoms with E-state index in [1.165, 1.54) is 0 Å². The molecule has 2 fully saturated rings. The Morgan fingerprint density at radius 1 is 0.949 bits per heavy atom. The predicted octanol–water partition coefficient (Wildman–Crippen LogP) is 1.80. The van der Waals surface area contributed by atoms with Crippen LogP contribution in [0.15, 0.2) is 51.7 Å². The number of phenolic OH excluding ortho intramolecular Hbond substituents is 2. The summed E-state index contributed by atoms with van der Waals surface area (Å²) in [5.74, 6) is -1.95. The summed E-state index contributed by atoms with van der Waals surface area (Å²) in [5.41, 5.74) is 1.35. The van der Waals surface area contributed by atoms with Gasteiger partial charge in [0.25, 0.3) is 5.91 Å². The number of carbonyl (C=O) groups excluding carboxylic acids is 3. The number of rotatable bonds is 6. The van der Waals surface area contributed by atoms with Crippen LogP contribution in [0.4, 0.5) is 5.69 Å². The van der Waals surface area contributed by atoms with Gasteiger partial charge in [0.2, 0.25) is 11.8 Å². The molecule has 3 aromatic rings. The zero-order chi connectivity index (χ0) is 27.5. The number of piperazine rings is 1. The fraction of sp³-hybridized carbons (Fsp3) is 0.357. The fourth-order valence-corrected chi connectivity index (χ4v) is 5.10. The molecule has 0 aliphatic carbocycles. The predicted molar refractivity (Wildman–Crippen MR) is 143 cm³/mol. The zero-order valence-electron chi connectivity index (χ0n) is 21.4. The summed E-state index contributed by atoms with van der Waals surface area (Å²) in [6.07, 6.45) is 2.56. The highest BCUT2D eigenvalue weighted by atomic mass is 16.3. The summed E-state index contributed by atoms with van der Waals surface area (Å²) in [5, 5.41) is 21.9. The first kappa shape index (κ1) is 26.1. The lowest BCUT2D eigenvalue weighted by Gasteiger charge is -2.37. The molecule has 0 radical (unpaired) electrons. The van der Waals surface area contributed by atoms with E-state index in [-0.39, 0.29) is 40.8 Å². The summed E-state index contributed by atoms with van der Waals surface area (Å²) in [6.45, 7) is 3.22. The van der Waals surface area contributed by atoms with Crippen LogP contribution in [0.1, 0.15) is 35.4 Å². The number of amides is 3. The monoisotopic (exact) mass is 534 g/mol. The van der Waals surface area contributed by atoms with Crippen LogP contribution >= 0.6 is 0 Å². The van der Waals surface area contributed by atoms with E-state index in [1.54, 1.807) is 4.90 Å². The molecule has 39 heavy (non-hydrogen) atoms. The Hall–Kier alpha value is -4.54. The van der Waals surface area contributed by atoms with Gasteiger partial charge in [-0.2, -0.15) is 0 Å². The van der Waals surface area contributed by atoms with Gasteiger partial charge in [0.15, 0.2) is 11.2 Å². The SMILES string of the molecule is O=C(NCC(=O)N1CCN(c2ccccc2CN2CCCCC2=O)CC1)c1cc(=O)c2c(O)cc(O)cc2o1. The van der Waals surface area contributed by atoms with Crippen molar-refractivity contribution in [2.45, 2.75) is 25.8 Å². The second-order valence-corrected chi connectivity index (χ2v) is 9.76. The lowest BCUT2D eigenvalue weighted by molar-refractivity contribution is -0.134. The van der Waals surface area contributed by atoms with Crippen molar-refractivity contribution in [3.05, 3.63) is 64.0 Å². The molecular weight excluding hydrogens is 504 g/mol. The third kappa shape index (κ3) is 5.66. The van der Waals surface area contributed by atoms with Gasteiger partial charge in [-0.3, -0.25) is 19.2 Å². The van der Waals surface area contributed by atoms with E-state index in [0.717, 1.165) is 48.8 Å². The number of para-hydroxylation sites is 1. The normalized spacial score (nSPS) is 16.0. The molecule has 2 saturated heterocycles. The number of hydrogen-bond acceptors (Lipinski definition) is 8. The van der Waals surface area contributed by atoms with Crippen molar-refractivity contribution < 1.29 is 29.0 Å². The maximum atomic E-state index is 12.8. The van der Waals surface area contributed by atoms with Gasteiger partial charge in [-0.05, 0) is 24.5 Å². The van der Waals surface area contributed by atoms with Gasteiger partial charge in [0, 0.05) is 69.6 Å². The lowest BCUT2D eigenvalue weighted by Crippen LogP contribution is -2.51. The number of nitrogens with zero attached hydrogens (tertiary/aromatic N) is 3. The molecule has 11 heteroatoms. The van der Waals surface area contributed by atoms with Crippen molar-refractivity contribution in [1.82, 2.24) is 15.1 Å². The average Bonchev–Trinajstić information content (AvgIpc) is 2.92. The Morgan fingerprint density at radius 2 is 1.72 bits per heavy atom. The number of piperidine rings is 1. The first-order valence-corrected chi connectivity index (χ1v) is 13.0. The number of hydrogen-bond donors (Lipinski definition) is 3. The van der Waals surface area contributed by atoms with Crippen LogP contribution in [-0.2, 0) is 16.1 Å². The summed E-state index contributed by atoms with van der Waals surface area (Å²) in [6, 6.07) is 11.1. The molecule has 204 valence electrons. The van der Waals surface area contributed by atoms with Crippen LogP contribution in [0.5, 0.6) is 11.5 Å². The second kappa shape index (κ2) is 11.1. The molecule has 2 aromatic carbocycles. The second-order valence-electron chi connectivity index (χ2n) is 9.76. The number of fused-ring (bicyclic) bond motifs is 1. The number of nitrogens with one attached hydrogen (secondary N) is 1. The molecule has 0 unspecified atom stereocenters. The fourth-order valence-electron chi connectivity index (χ4n) is 5.10. The van der Waals surface area contributed by atoms with Crippen LogP contribution in [0.2, 0.25) is 0 Å². The third-order valence-corrected chi connectivity index (χ3v) is 7.17. The van der Waals surface area contributed by atoms with Gasteiger partial charge in [0.1, 0.15) is 22.5 Å². The minimum atomic E-state index is -0.759. The maximum Gasteiger partial charge on any atom is 0.287 e. The largest absolute Gasteiger partial charge is 0.508 e. The summed E-state index contributed by atoms with van der Waals surface area (Å²) < 4.78 is 5.39. The highest BCUT2D eigenvalue weighted by Crippen LogP contribution is 2.28. The van der Waals surface area contributed by atoms with Gasteiger partial charge >= 0.3 is 0 Å². The Labute approximate surface area is 224 Å². The van der Waals surface area contributed by atoms with E-state index in [2.05, 4.69) is 10.2 Å². The van der Waals surface area contributed by atoms with E-state index in [1.807, 2.05) is 29.2 Å². The van der Waals surface area contributed by atoms with Crippen LogP contribution in [0, 0.1) is 0 Å². The first-order chi connectivity index (χ1) is 18.8. The van der Waals surface area contributed by atoms with E-state index in [9.17, 15) is 29.4 Å². The van der Waals surface area contributed by atoms with Crippen molar-refractivity contribution in [2.75, 3.05) is 44.2 Å². The molecule has 3 N–H and O–H groups in total. The Balaban J connectivity index is 1.17. The van der Waals surface area contributed by atoms with Crippen molar-refractivity contribution >= 4 is 34.4 Å². The average molecular weight is 535 g/mol. The number of anilines is 1. The molecule has 2 aliphatic heterocycles. The molecule has 0 spiro atoms. The molecule has 0 bridgehead atoms. The molecule has 2 aliphatic rings. The van der Waals surface area contributed by atoms with Crippen LogP contribution < -0.4 is 15.6 Å². The topological polar surface area (TPSA) is 144 Å². The van der Waals surface area contributed by atoms with Gasteiger partial charge < -0.3 is 34.6 Å². The zero-order valence-corrected chi connectivity index (χ0v) is 21.4. The van der Waals surface area contributed by atoms with E-state index < -0.39 is 17.1 Å². The van der Waals surface area contributed by atoms with E-state index >= 15 is 0 Å². The molecule has 0 atom stereocenters. The molecular formula is C28H30N4O7. The Morgan fingerprint density at radius 3 is 2.49 bits per heavy atom. The maximum absolute atomic E-state index is 12.8. The van der Waals surface area contributed by atoms with Crippen LogP contribution in [-0.4, -0.2) is 77.0 Å². The number of carbonyl (C=O) groups is 3. The minimum absolute atomic E-state index is 0.141.